The molecule has 2 aromatic carbocycles. The van der Waals surface area contributed by atoms with Gasteiger partial charge >= 0.3 is 0 Å². The van der Waals surface area contributed by atoms with Crippen molar-refractivity contribution in [3.8, 4) is 5.75 Å². The predicted octanol–water partition coefficient (Wildman–Crippen LogP) is 4.16. The summed E-state index contributed by atoms with van der Waals surface area (Å²) < 4.78 is 5.98. The fourth-order valence-electron chi connectivity index (χ4n) is 2.44. The van der Waals surface area contributed by atoms with E-state index in [-0.39, 0.29) is 0 Å². The smallest absolute Gasteiger partial charge is 0.120 e. The van der Waals surface area contributed by atoms with Crippen LogP contribution in [0.3, 0.4) is 0 Å². The molecule has 1 aliphatic rings. The maximum Gasteiger partial charge on any atom is 0.120 e. The Balaban J connectivity index is 1.86. The summed E-state index contributed by atoms with van der Waals surface area (Å²) in [5, 5.41) is 2.54. The van der Waals surface area contributed by atoms with Gasteiger partial charge in [0.2, 0.25) is 0 Å². The zero-order valence-corrected chi connectivity index (χ0v) is 9.36. The van der Waals surface area contributed by atoms with Gasteiger partial charge in [-0.05, 0) is 48.6 Å². The van der Waals surface area contributed by atoms with Gasteiger partial charge in [-0.1, -0.05) is 30.3 Å². The van der Waals surface area contributed by atoms with Crippen molar-refractivity contribution in [3.05, 3.63) is 42.5 Å². The van der Waals surface area contributed by atoms with Crippen LogP contribution in [0.5, 0.6) is 5.75 Å². The average Bonchev–Trinajstić information content (AvgIpc) is 2.82. The third kappa shape index (κ3) is 1.90. The first-order valence-electron chi connectivity index (χ1n) is 6.07. The monoisotopic (exact) mass is 212 g/mol. The second kappa shape index (κ2) is 4.17. The first-order valence-corrected chi connectivity index (χ1v) is 6.07. The van der Waals surface area contributed by atoms with E-state index in [0.717, 1.165) is 5.75 Å². The van der Waals surface area contributed by atoms with Gasteiger partial charge in [0.25, 0.3) is 0 Å². The number of hydrogen-bond donors (Lipinski definition) is 0. The molecule has 1 saturated carbocycles. The van der Waals surface area contributed by atoms with Crippen LogP contribution in [0.2, 0.25) is 0 Å². The van der Waals surface area contributed by atoms with Crippen LogP contribution >= 0.6 is 0 Å². The lowest BCUT2D eigenvalue weighted by Crippen LogP contribution is -2.10. The van der Waals surface area contributed by atoms with Crippen LogP contribution in [0, 0.1) is 0 Å². The van der Waals surface area contributed by atoms with E-state index >= 15 is 0 Å². The standard InChI is InChI=1S/C15H16O/c1-2-6-13-11-15(10-9-12(13)5-1)16-14-7-3-4-8-14/h1-2,5-6,9-11,14H,3-4,7-8H2. The van der Waals surface area contributed by atoms with Crippen molar-refractivity contribution >= 4 is 10.8 Å². The molecule has 1 fully saturated rings. The van der Waals surface area contributed by atoms with Gasteiger partial charge in [0.1, 0.15) is 5.75 Å². The zero-order valence-electron chi connectivity index (χ0n) is 9.36. The molecule has 0 N–H and O–H groups in total. The lowest BCUT2D eigenvalue weighted by atomic mass is 10.1. The molecule has 0 atom stereocenters. The number of benzene rings is 2. The molecule has 0 saturated heterocycles. The third-order valence-electron chi connectivity index (χ3n) is 3.33. The summed E-state index contributed by atoms with van der Waals surface area (Å²) in [5.41, 5.74) is 0. The van der Waals surface area contributed by atoms with Crippen LogP contribution in [0.15, 0.2) is 42.5 Å². The van der Waals surface area contributed by atoms with Crippen molar-refractivity contribution in [2.24, 2.45) is 0 Å². The molecule has 1 aliphatic carbocycles. The van der Waals surface area contributed by atoms with Crippen LogP contribution in [0.1, 0.15) is 25.7 Å². The van der Waals surface area contributed by atoms with Gasteiger partial charge in [0.15, 0.2) is 0 Å². The summed E-state index contributed by atoms with van der Waals surface area (Å²) in [6, 6.07) is 14.8. The summed E-state index contributed by atoms with van der Waals surface area (Å²) in [4.78, 5) is 0. The van der Waals surface area contributed by atoms with Crippen LogP contribution in [-0.4, -0.2) is 6.10 Å². The predicted molar refractivity (Wildman–Crippen MR) is 66.8 cm³/mol. The molecule has 82 valence electrons. The molecule has 0 aliphatic heterocycles. The molecule has 0 spiro atoms. The van der Waals surface area contributed by atoms with Gasteiger partial charge in [-0.3, -0.25) is 0 Å². The van der Waals surface area contributed by atoms with E-state index in [9.17, 15) is 0 Å². The summed E-state index contributed by atoms with van der Waals surface area (Å²) in [7, 11) is 0. The summed E-state index contributed by atoms with van der Waals surface area (Å²) in [5.74, 6) is 1.02. The Morgan fingerprint density at radius 3 is 2.44 bits per heavy atom. The highest BCUT2D eigenvalue weighted by molar-refractivity contribution is 5.83. The normalized spacial score (nSPS) is 16.8. The highest BCUT2D eigenvalue weighted by atomic mass is 16.5. The van der Waals surface area contributed by atoms with Gasteiger partial charge in [0, 0.05) is 0 Å². The minimum atomic E-state index is 0.446. The molecule has 0 bridgehead atoms. The van der Waals surface area contributed by atoms with Gasteiger partial charge in [0.05, 0.1) is 6.10 Å². The Labute approximate surface area is 96.0 Å². The first kappa shape index (κ1) is 9.71. The topological polar surface area (TPSA) is 9.23 Å². The third-order valence-corrected chi connectivity index (χ3v) is 3.33. The fraction of sp³-hybridized carbons (Fsp3) is 0.333. The van der Waals surface area contributed by atoms with Gasteiger partial charge < -0.3 is 4.74 Å². The van der Waals surface area contributed by atoms with E-state index in [2.05, 4.69) is 42.5 Å². The van der Waals surface area contributed by atoms with Crippen molar-refractivity contribution in [1.82, 2.24) is 0 Å². The molecule has 0 radical (unpaired) electrons. The van der Waals surface area contributed by atoms with E-state index < -0.39 is 0 Å². The molecule has 16 heavy (non-hydrogen) atoms. The largest absolute Gasteiger partial charge is 0.490 e. The Kier molecular flexibility index (Phi) is 2.53. The van der Waals surface area contributed by atoms with Crippen molar-refractivity contribution in [3.63, 3.8) is 0 Å². The van der Waals surface area contributed by atoms with E-state index in [4.69, 9.17) is 4.74 Å². The Morgan fingerprint density at radius 1 is 0.875 bits per heavy atom. The van der Waals surface area contributed by atoms with Crippen molar-refractivity contribution in [2.45, 2.75) is 31.8 Å². The second-order valence-electron chi connectivity index (χ2n) is 4.53. The van der Waals surface area contributed by atoms with E-state index in [1.807, 2.05) is 0 Å². The van der Waals surface area contributed by atoms with E-state index in [1.165, 1.54) is 36.5 Å². The first-order chi connectivity index (χ1) is 7.92. The van der Waals surface area contributed by atoms with Crippen LogP contribution < -0.4 is 4.74 Å². The second-order valence-corrected chi connectivity index (χ2v) is 4.53. The Hall–Kier alpha value is -1.50. The lowest BCUT2D eigenvalue weighted by Gasteiger charge is -2.13. The molecule has 0 aromatic heterocycles. The minimum Gasteiger partial charge on any atom is -0.490 e. The average molecular weight is 212 g/mol. The van der Waals surface area contributed by atoms with Gasteiger partial charge in [-0.2, -0.15) is 0 Å². The van der Waals surface area contributed by atoms with Crippen molar-refractivity contribution < 1.29 is 4.74 Å². The van der Waals surface area contributed by atoms with Crippen molar-refractivity contribution in [2.75, 3.05) is 0 Å². The Bertz CT molecular complexity index is 484. The van der Waals surface area contributed by atoms with Crippen LogP contribution in [0.25, 0.3) is 10.8 Å². The maximum absolute atomic E-state index is 5.98. The van der Waals surface area contributed by atoms with E-state index in [0.29, 0.717) is 6.10 Å². The molecule has 3 rings (SSSR count). The summed E-state index contributed by atoms with van der Waals surface area (Å²) in [6.07, 6.45) is 5.51. The molecule has 0 unspecified atom stereocenters. The quantitative estimate of drug-likeness (QED) is 0.726. The number of fused-ring (bicyclic) bond motifs is 1. The minimum absolute atomic E-state index is 0.446. The SMILES string of the molecule is c1ccc2cc(OC3CCCC3)ccc2c1. The molecular formula is C15H16O. The molecule has 0 amide bonds. The van der Waals surface area contributed by atoms with E-state index in [1.54, 1.807) is 0 Å². The van der Waals surface area contributed by atoms with Crippen LogP contribution in [0.4, 0.5) is 0 Å². The zero-order chi connectivity index (χ0) is 10.8. The molecule has 1 heteroatoms. The molecule has 0 heterocycles. The summed E-state index contributed by atoms with van der Waals surface area (Å²) >= 11 is 0. The Morgan fingerprint density at radius 2 is 1.62 bits per heavy atom. The van der Waals surface area contributed by atoms with Gasteiger partial charge in [-0.15, -0.1) is 0 Å². The highest BCUT2D eigenvalue weighted by Gasteiger charge is 2.16. The number of ether oxygens (including phenoxy) is 1. The summed E-state index contributed by atoms with van der Waals surface area (Å²) in [6.45, 7) is 0. The molecular weight excluding hydrogens is 196 g/mol. The molecule has 2 aromatic rings. The maximum atomic E-state index is 5.98. The molecule has 1 nitrogen and oxygen atoms in total. The van der Waals surface area contributed by atoms with Gasteiger partial charge in [-0.25, -0.2) is 0 Å². The number of rotatable bonds is 2. The highest BCUT2D eigenvalue weighted by Crippen LogP contribution is 2.26. The van der Waals surface area contributed by atoms with Crippen molar-refractivity contribution in [1.29, 1.82) is 0 Å². The van der Waals surface area contributed by atoms with Crippen LogP contribution in [-0.2, 0) is 0 Å². The number of hydrogen-bond acceptors (Lipinski definition) is 1. The fourth-order valence-corrected chi connectivity index (χ4v) is 2.44. The lowest BCUT2D eigenvalue weighted by molar-refractivity contribution is 0.210.